The summed E-state index contributed by atoms with van der Waals surface area (Å²) in [7, 11) is 0. The van der Waals surface area contributed by atoms with E-state index in [1.54, 1.807) is 6.07 Å². The van der Waals surface area contributed by atoms with Gasteiger partial charge in [-0.1, -0.05) is 5.16 Å². The van der Waals surface area contributed by atoms with Crippen molar-refractivity contribution in [1.82, 2.24) is 5.16 Å². The molecule has 0 amide bonds. The monoisotopic (exact) mass is 130 g/mol. The fraction of sp³-hybridized carbons (Fsp3) is 0.250. The average Bonchev–Trinajstić information content (AvgIpc) is 2.14. The maximum Gasteiger partial charge on any atom is 0.167 e. The summed E-state index contributed by atoms with van der Waals surface area (Å²) in [6, 6.07) is 1.65. The molecule has 0 saturated heterocycles. The zero-order valence-corrected chi connectivity index (χ0v) is 5.06. The van der Waals surface area contributed by atoms with Crippen LogP contribution in [0.5, 0.6) is 0 Å². The van der Waals surface area contributed by atoms with Crippen LogP contribution in [0.2, 0.25) is 0 Å². The van der Waals surface area contributed by atoms with Gasteiger partial charge >= 0.3 is 0 Å². The first-order chi connectivity index (χ1) is 3.83. The zero-order chi connectivity index (χ0) is 5.98. The van der Waals surface area contributed by atoms with Gasteiger partial charge in [0.15, 0.2) is 5.82 Å². The second-order valence-corrected chi connectivity index (χ2v) is 1.69. The zero-order valence-electron chi connectivity index (χ0n) is 4.16. The Bertz CT molecular complexity index is 174. The summed E-state index contributed by atoms with van der Waals surface area (Å²) in [5.41, 5.74) is 5.22. The first kappa shape index (κ1) is 5.50. The molecule has 0 aliphatic carbocycles. The smallest absolute Gasteiger partial charge is 0.167 e. The van der Waals surface area contributed by atoms with Crippen molar-refractivity contribution in [3.05, 3.63) is 11.8 Å². The molecule has 4 heteroatoms. The summed E-state index contributed by atoms with van der Waals surface area (Å²) < 4.78 is 4.66. The highest BCUT2D eigenvalue weighted by Crippen LogP contribution is 2.05. The molecular weight excluding hydrogens is 124 g/mol. The van der Waals surface area contributed by atoms with E-state index in [0.717, 1.165) is 0 Å². The summed E-state index contributed by atoms with van der Waals surface area (Å²) in [4.78, 5) is 0. The van der Waals surface area contributed by atoms with Gasteiger partial charge in [0.05, 0.1) is 5.75 Å². The van der Waals surface area contributed by atoms with Gasteiger partial charge < -0.3 is 10.3 Å². The van der Waals surface area contributed by atoms with Gasteiger partial charge in [0.25, 0.3) is 0 Å². The molecule has 2 N–H and O–H groups in total. The third-order valence-corrected chi connectivity index (χ3v) is 1.04. The van der Waals surface area contributed by atoms with Gasteiger partial charge in [0, 0.05) is 6.07 Å². The Morgan fingerprint density at radius 3 is 2.88 bits per heavy atom. The normalized spacial score (nSPS) is 9.62. The van der Waals surface area contributed by atoms with Gasteiger partial charge in [-0.3, -0.25) is 0 Å². The molecule has 0 spiro atoms. The van der Waals surface area contributed by atoms with Gasteiger partial charge in [-0.05, 0) is 0 Å². The molecule has 3 nitrogen and oxygen atoms in total. The number of rotatable bonds is 1. The summed E-state index contributed by atoms with van der Waals surface area (Å²) in [6.07, 6.45) is 0. The lowest BCUT2D eigenvalue weighted by Crippen LogP contribution is -1.79. The van der Waals surface area contributed by atoms with Crippen molar-refractivity contribution in [3.63, 3.8) is 0 Å². The summed E-state index contributed by atoms with van der Waals surface area (Å²) in [6.45, 7) is 0. The molecule has 1 heterocycles. The minimum atomic E-state index is 0.411. The Morgan fingerprint density at radius 1 is 1.88 bits per heavy atom. The molecule has 1 rings (SSSR count). The molecule has 0 fully saturated rings. The maximum atomic E-state index is 5.22. The van der Waals surface area contributed by atoms with Crippen LogP contribution in [-0.4, -0.2) is 5.16 Å². The Labute approximate surface area is 52.3 Å². The van der Waals surface area contributed by atoms with Crippen molar-refractivity contribution in [3.8, 4) is 0 Å². The lowest BCUT2D eigenvalue weighted by Gasteiger charge is -1.75. The first-order valence-corrected chi connectivity index (χ1v) is 2.78. The predicted molar refractivity (Wildman–Crippen MR) is 33.6 cm³/mol. The molecule has 0 bridgehead atoms. The fourth-order valence-electron chi connectivity index (χ4n) is 0.403. The number of hydrogen-bond donors (Lipinski definition) is 2. The minimum absolute atomic E-state index is 0.411. The number of anilines is 1. The molecule has 44 valence electrons. The third-order valence-electron chi connectivity index (χ3n) is 0.733. The number of thiol groups is 1. The highest BCUT2D eigenvalue weighted by Gasteiger charge is 1.94. The van der Waals surface area contributed by atoms with E-state index in [1.807, 2.05) is 0 Å². The van der Waals surface area contributed by atoms with Crippen LogP contribution in [0, 0.1) is 0 Å². The van der Waals surface area contributed by atoms with E-state index in [1.165, 1.54) is 0 Å². The largest absolute Gasteiger partial charge is 0.381 e. The van der Waals surface area contributed by atoms with Crippen molar-refractivity contribution in [1.29, 1.82) is 0 Å². The van der Waals surface area contributed by atoms with E-state index in [2.05, 4.69) is 22.3 Å². The molecule has 0 unspecified atom stereocenters. The first-order valence-electron chi connectivity index (χ1n) is 2.15. The van der Waals surface area contributed by atoms with Gasteiger partial charge in [0.1, 0.15) is 5.76 Å². The topological polar surface area (TPSA) is 52.0 Å². The van der Waals surface area contributed by atoms with Gasteiger partial charge in [-0.25, -0.2) is 0 Å². The Hall–Kier alpha value is -0.640. The van der Waals surface area contributed by atoms with Crippen LogP contribution in [0.3, 0.4) is 0 Å². The van der Waals surface area contributed by atoms with Crippen LogP contribution in [-0.2, 0) is 5.75 Å². The Morgan fingerprint density at radius 2 is 2.62 bits per heavy atom. The number of nitrogens with two attached hydrogens (primary N) is 1. The van der Waals surface area contributed by atoms with E-state index in [-0.39, 0.29) is 0 Å². The van der Waals surface area contributed by atoms with Crippen LogP contribution in [0.1, 0.15) is 5.76 Å². The van der Waals surface area contributed by atoms with Crippen molar-refractivity contribution in [2.75, 3.05) is 5.73 Å². The molecule has 0 aliphatic rings. The van der Waals surface area contributed by atoms with Crippen molar-refractivity contribution in [2.45, 2.75) is 5.75 Å². The highest BCUT2D eigenvalue weighted by atomic mass is 32.1. The Balaban J connectivity index is 2.84. The number of nitrogen functional groups attached to an aromatic ring is 1. The summed E-state index contributed by atoms with van der Waals surface area (Å²) in [5, 5.41) is 3.44. The fourth-order valence-corrected chi connectivity index (χ4v) is 0.553. The molecule has 0 atom stereocenters. The van der Waals surface area contributed by atoms with Crippen LogP contribution < -0.4 is 5.73 Å². The van der Waals surface area contributed by atoms with Crippen LogP contribution in [0.15, 0.2) is 10.6 Å². The molecular formula is C4H6N2OS. The molecule has 1 aromatic heterocycles. The second kappa shape index (κ2) is 2.09. The quantitative estimate of drug-likeness (QED) is 0.550. The van der Waals surface area contributed by atoms with E-state index in [0.29, 0.717) is 17.3 Å². The van der Waals surface area contributed by atoms with Crippen LogP contribution in [0.4, 0.5) is 5.82 Å². The summed E-state index contributed by atoms with van der Waals surface area (Å²) in [5.74, 6) is 1.66. The predicted octanol–water partition coefficient (Wildman–Crippen LogP) is 0.687. The highest BCUT2D eigenvalue weighted by molar-refractivity contribution is 7.79. The average molecular weight is 130 g/mol. The van der Waals surface area contributed by atoms with Crippen molar-refractivity contribution in [2.24, 2.45) is 0 Å². The molecule has 0 radical (unpaired) electrons. The number of aromatic nitrogens is 1. The SMILES string of the molecule is Nc1cc(CS)on1. The van der Waals surface area contributed by atoms with Crippen molar-refractivity contribution < 1.29 is 4.52 Å². The van der Waals surface area contributed by atoms with Crippen molar-refractivity contribution >= 4 is 18.4 Å². The lowest BCUT2D eigenvalue weighted by atomic mass is 10.5. The van der Waals surface area contributed by atoms with Gasteiger partial charge in [-0.2, -0.15) is 12.6 Å². The summed E-state index contributed by atoms with van der Waals surface area (Å²) >= 11 is 3.93. The van der Waals surface area contributed by atoms with E-state index in [4.69, 9.17) is 5.73 Å². The van der Waals surface area contributed by atoms with Crippen LogP contribution in [0.25, 0.3) is 0 Å². The van der Waals surface area contributed by atoms with E-state index >= 15 is 0 Å². The lowest BCUT2D eigenvalue weighted by molar-refractivity contribution is 0.398. The second-order valence-electron chi connectivity index (χ2n) is 1.38. The maximum absolute atomic E-state index is 5.22. The van der Waals surface area contributed by atoms with E-state index in [9.17, 15) is 0 Å². The molecule has 0 aliphatic heterocycles. The standard InChI is InChI=1S/C4H6N2OS/c5-4-1-3(2-8)7-6-4/h1,8H,2H2,(H2,5,6). The molecule has 1 aromatic rings. The van der Waals surface area contributed by atoms with Gasteiger partial charge in [0.2, 0.25) is 0 Å². The number of nitrogens with zero attached hydrogens (tertiary/aromatic N) is 1. The minimum Gasteiger partial charge on any atom is -0.381 e. The molecule has 8 heavy (non-hydrogen) atoms. The van der Waals surface area contributed by atoms with Crippen LogP contribution >= 0.6 is 12.6 Å². The molecule has 0 saturated carbocycles. The third kappa shape index (κ3) is 0.949. The Kier molecular flexibility index (Phi) is 1.43. The van der Waals surface area contributed by atoms with Gasteiger partial charge in [-0.15, -0.1) is 0 Å². The molecule has 0 aromatic carbocycles. The van der Waals surface area contributed by atoms with E-state index < -0.39 is 0 Å². The number of hydrogen-bond acceptors (Lipinski definition) is 4.